The van der Waals surface area contributed by atoms with E-state index in [1.54, 1.807) is 0 Å². The number of hydrogen-bond donors (Lipinski definition) is 4. The molecule has 4 N–H and O–H groups in total. The minimum atomic E-state index is -5.72. The van der Waals surface area contributed by atoms with Crippen molar-refractivity contribution in [1.82, 2.24) is 4.90 Å². The van der Waals surface area contributed by atoms with Crippen molar-refractivity contribution < 1.29 is 51.1 Å². The molecule has 0 aliphatic rings. The Morgan fingerprint density at radius 2 is 1.03 bits per heavy atom. The Morgan fingerprint density at radius 3 is 1.25 bits per heavy atom. The van der Waals surface area contributed by atoms with Crippen molar-refractivity contribution in [3.05, 3.63) is 70.8 Å². The molecule has 0 unspecified atom stereocenters. The van der Waals surface area contributed by atoms with E-state index >= 15 is 0 Å². The van der Waals surface area contributed by atoms with Gasteiger partial charge in [0.05, 0.1) is 0 Å². The van der Waals surface area contributed by atoms with E-state index in [2.05, 4.69) is 0 Å². The van der Waals surface area contributed by atoms with Crippen LogP contribution in [0.25, 0.3) is 0 Å². The molecule has 0 atom stereocenters. The van der Waals surface area contributed by atoms with E-state index in [4.69, 9.17) is 19.6 Å². The molecule has 14 heteroatoms. The lowest BCUT2D eigenvalue weighted by atomic mass is 10.1. The average molecular weight is 499 g/mol. The molecule has 176 valence electrons. The standard InChI is InChI=1S/C18H19F4NO7P2/c1-12(24)23(10-13-2-6-15(7-3-13)17(19,20)31(25,26)27)11-14-4-8-16(9-5-14)18(21,22)32(28,29)30/h2-9H,10-11H2,1H3,(H2,25,26,27)(H2,28,29,30). The summed E-state index contributed by atoms with van der Waals surface area (Å²) < 4.78 is 76.8. The van der Waals surface area contributed by atoms with Crippen LogP contribution in [-0.4, -0.2) is 30.4 Å². The summed E-state index contributed by atoms with van der Waals surface area (Å²) in [5.74, 6) is -0.445. The summed E-state index contributed by atoms with van der Waals surface area (Å²) in [6.07, 6.45) is 0. The van der Waals surface area contributed by atoms with Crippen molar-refractivity contribution in [2.45, 2.75) is 31.3 Å². The quantitative estimate of drug-likeness (QED) is 0.321. The number of carbonyl (C=O) groups excluding carboxylic acids is 1. The summed E-state index contributed by atoms with van der Waals surface area (Å²) >= 11 is 0. The number of hydrogen-bond acceptors (Lipinski definition) is 3. The van der Waals surface area contributed by atoms with E-state index < -0.39 is 43.6 Å². The molecule has 32 heavy (non-hydrogen) atoms. The Hall–Kier alpha value is -2.07. The zero-order chi connectivity index (χ0) is 24.5. The van der Waals surface area contributed by atoms with Crippen LogP contribution < -0.4 is 0 Å². The lowest BCUT2D eigenvalue weighted by molar-refractivity contribution is -0.130. The van der Waals surface area contributed by atoms with Gasteiger partial charge in [-0.15, -0.1) is 0 Å². The lowest BCUT2D eigenvalue weighted by Crippen LogP contribution is -2.27. The van der Waals surface area contributed by atoms with E-state index in [0.717, 1.165) is 24.3 Å². The highest BCUT2D eigenvalue weighted by molar-refractivity contribution is 7.52. The van der Waals surface area contributed by atoms with Crippen LogP contribution in [-0.2, 0) is 38.3 Å². The number of amides is 1. The molecule has 2 aromatic rings. The molecule has 0 saturated heterocycles. The van der Waals surface area contributed by atoms with Gasteiger partial charge in [-0.2, -0.15) is 17.6 Å². The Bertz CT molecular complexity index is 986. The van der Waals surface area contributed by atoms with Crippen molar-refractivity contribution in [2.24, 2.45) is 0 Å². The van der Waals surface area contributed by atoms with Gasteiger partial charge in [0, 0.05) is 31.1 Å². The predicted molar refractivity (Wildman–Crippen MR) is 105 cm³/mol. The summed E-state index contributed by atoms with van der Waals surface area (Å²) in [6.45, 7) is 1.04. The first kappa shape index (κ1) is 26.2. The first-order chi connectivity index (χ1) is 14.5. The van der Waals surface area contributed by atoms with E-state index in [9.17, 15) is 31.5 Å². The molecule has 0 spiro atoms. The normalized spacial score (nSPS) is 13.2. The van der Waals surface area contributed by atoms with Gasteiger partial charge in [0.15, 0.2) is 0 Å². The Kier molecular flexibility index (Phi) is 7.41. The van der Waals surface area contributed by atoms with Crippen molar-refractivity contribution in [3.8, 4) is 0 Å². The van der Waals surface area contributed by atoms with Gasteiger partial charge in [0.25, 0.3) is 0 Å². The Morgan fingerprint density at radius 1 is 0.750 bits per heavy atom. The zero-order valence-electron chi connectivity index (χ0n) is 16.4. The molecule has 1 amide bonds. The van der Waals surface area contributed by atoms with Crippen LogP contribution in [0.1, 0.15) is 29.2 Å². The fraction of sp³-hybridized carbons (Fsp3) is 0.278. The fourth-order valence-corrected chi connectivity index (χ4v) is 3.65. The number of carbonyl (C=O) groups is 1. The van der Waals surface area contributed by atoms with Crippen LogP contribution in [0.2, 0.25) is 0 Å². The zero-order valence-corrected chi connectivity index (χ0v) is 18.2. The molecule has 0 saturated carbocycles. The smallest absolute Gasteiger partial charge is 0.334 e. The average Bonchev–Trinajstić information content (AvgIpc) is 2.66. The highest BCUT2D eigenvalue weighted by Gasteiger charge is 2.51. The highest BCUT2D eigenvalue weighted by Crippen LogP contribution is 2.60. The maximum atomic E-state index is 13.7. The third-order valence-electron chi connectivity index (χ3n) is 4.53. The second-order valence-corrected chi connectivity index (χ2v) is 10.2. The largest absolute Gasteiger partial charge is 0.399 e. The van der Waals surface area contributed by atoms with E-state index in [1.165, 1.54) is 36.1 Å². The number of nitrogens with zero attached hydrogens (tertiary/aromatic N) is 1. The van der Waals surface area contributed by atoms with Crippen LogP contribution in [0, 0.1) is 0 Å². The van der Waals surface area contributed by atoms with Crippen LogP contribution in [0.3, 0.4) is 0 Å². The minimum absolute atomic E-state index is 0.0858. The van der Waals surface area contributed by atoms with Crippen LogP contribution in [0.4, 0.5) is 17.6 Å². The number of rotatable bonds is 8. The predicted octanol–water partition coefficient (Wildman–Crippen LogP) is 3.69. The van der Waals surface area contributed by atoms with Crippen molar-refractivity contribution >= 4 is 21.1 Å². The molecule has 2 aromatic carbocycles. The molecule has 0 fully saturated rings. The van der Waals surface area contributed by atoms with E-state index in [-0.39, 0.29) is 13.1 Å². The van der Waals surface area contributed by atoms with Crippen molar-refractivity contribution in [2.75, 3.05) is 0 Å². The molecule has 0 heterocycles. The lowest BCUT2D eigenvalue weighted by Gasteiger charge is -2.23. The molecule has 0 radical (unpaired) electrons. The summed E-state index contributed by atoms with van der Waals surface area (Å²) in [4.78, 5) is 48.3. The van der Waals surface area contributed by atoms with Crippen molar-refractivity contribution in [1.29, 1.82) is 0 Å². The summed E-state index contributed by atoms with van der Waals surface area (Å²) in [5.41, 5.74) is -9.83. The molecule has 0 aliphatic heterocycles. The van der Waals surface area contributed by atoms with E-state index in [1.807, 2.05) is 0 Å². The third-order valence-corrected chi connectivity index (χ3v) is 6.51. The molecule has 0 bridgehead atoms. The van der Waals surface area contributed by atoms with Gasteiger partial charge in [-0.3, -0.25) is 13.9 Å². The van der Waals surface area contributed by atoms with Gasteiger partial charge in [-0.25, -0.2) is 0 Å². The Labute approximate surface area is 179 Å². The van der Waals surface area contributed by atoms with Gasteiger partial charge in [0.2, 0.25) is 5.91 Å². The third kappa shape index (κ3) is 5.64. The second kappa shape index (κ2) is 9.05. The van der Waals surface area contributed by atoms with E-state index in [0.29, 0.717) is 11.1 Å². The maximum absolute atomic E-state index is 13.7. The number of benzene rings is 2. The number of alkyl halides is 4. The molecule has 2 rings (SSSR count). The topological polar surface area (TPSA) is 135 Å². The molecule has 8 nitrogen and oxygen atoms in total. The first-order valence-corrected chi connectivity index (χ1v) is 12.0. The first-order valence-electron chi connectivity index (χ1n) is 8.78. The monoisotopic (exact) mass is 499 g/mol. The van der Waals surface area contributed by atoms with Crippen LogP contribution >= 0.6 is 15.2 Å². The van der Waals surface area contributed by atoms with Gasteiger partial charge in [-0.1, -0.05) is 48.5 Å². The Balaban J connectivity index is 2.18. The minimum Gasteiger partial charge on any atom is -0.334 e. The molecule has 0 aromatic heterocycles. The van der Waals surface area contributed by atoms with Gasteiger partial charge < -0.3 is 24.5 Å². The maximum Gasteiger partial charge on any atom is 0.399 e. The summed E-state index contributed by atoms with van der Waals surface area (Å²) in [5, 5.41) is 0. The molecule has 0 aliphatic carbocycles. The summed E-state index contributed by atoms with van der Waals surface area (Å²) in [7, 11) is -11.4. The van der Waals surface area contributed by atoms with Gasteiger partial charge in [-0.05, 0) is 11.1 Å². The van der Waals surface area contributed by atoms with Gasteiger partial charge in [0.1, 0.15) is 0 Å². The fourth-order valence-electron chi connectivity index (χ4n) is 2.68. The summed E-state index contributed by atoms with van der Waals surface area (Å²) in [6, 6.07) is 7.96. The highest BCUT2D eigenvalue weighted by atomic mass is 31.2. The molecular formula is C18H19F4NO7P2. The van der Waals surface area contributed by atoms with Crippen LogP contribution in [0.5, 0.6) is 0 Å². The second-order valence-electron chi connectivity index (χ2n) is 6.94. The van der Waals surface area contributed by atoms with Crippen molar-refractivity contribution in [3.63, 3.8) is 0 Å². The number of halogens is 4. The molecular weight excluding hydrogens is 480 g/mol. The van der Waals surface area contributed by atoms with Crippen LogP contribution in [0.15, 0.2) is 48.5 Å². The van der Waals surface area contributed by atoms with Gasteiger partial charge >= 0.3 is 26.5 Å². The SMILES string of the molecule is CC(=O)N(Cc1ccc(C(F)(F)P(=O)(O)O)cc1)Cc1ccc(C(F)(F)P(=O)(O)O)cc1.